The summed E-state index contributed by atoms with van der Waals surface area (Å²) in [5.74, 6) is -0.0496. The zero-order valence-electron chi connectivity index (χ0n) is 12.1. The molecule has 0 saturated carbocycles. The van der Waals surface area contributed by atoms with Gasteiger partial charge in [0.2, 0.25) is 5.91 Å². The molecule has 2 rings (SSSR count). The number of ether oxygens (including phenoxy) is 1. The van der Waals surface area contributed by atoms with E-state index in [0.29, 0.717) is 12.0 Å². The Balaban J connectivity index is 2.05. The van der Waals surface area contributed by atoms with Gasteiger partial charge < -0.3 is 15.0 Å². The Morgan fingerprint density at radius 2 is 2.15 bits per heavy atom. The van der Waals surface area contributed by atoms with Crippen LogP contribution in [-0.4, -0.2) is 40.6 Å². The van der Waals surface area contributed by atoms with Crippen LogP contribution in [0, 0.1) is 11.3 Å². The third-order valence-electron chi connectivity index (χ3n) is 3.34. The molecule has 1 aliphatic carbocycles. The summed E-state index contributed by atoms with van der Waals surface area (Å²) < 4.78 is 5.22. The number of carbonyl (C=O) groups excluding carboxylic acids is 2. The molecule has 0 radical (unpaired) electrons. The second kappa shape index (κ2) is 4.82. The summed E-state index contributed by atoms with van der Waals surface area (Å²) in [5, 5.41) is 11.8. The predicted octanol–water partition coefficient (Wildman–Crippen LogP) is 1.33. The summed E-state index contributed by atoms with van der Waals surface area (Å²) in [7, 11) is 0. The van der Waals surface area contributed by atoms with Gasteiger partial charge in [0.1, 0.15) is 5.60 Å². The molecule has 6 heteroatoms. The lowest BCUT2D eigenvalue weighted by molar-refractivity contribution is -0.124. The first-order valence-corrected chi connectivity index (χ1v) is 6.62. The maximum absolute atomic E-state index is 11.8. The summed E-state index contributed by atoms with van der Waals surface area (Å²) in [4.78, 5) is 25.0. The van der Waals surface area contributed by atoms with Crippen LogP contribution in [0.1, 0.15) is 34.1 Å². The minimum atomic E-state index is -0.574. The molecule has 2 amide bonds. The maximum atomic E-state index is 11.8. The van der Waals surface area contributed by atoms with Crippen molar-refractivity contribution in [3.63, 3.8) is 0 Å². The largest absolute Gasteiger partial charge is 0.444 e. The first-order valence-electron chi connectivity index (χ1n) is 6.62. The van der Waals surface area contributed by atoms with Gasteiger partial charge in [-0.3, -0.25) is 4.79 Å². The fourth-order valence-corrected chi connectivity index (χ4v) is 2.61. The maximum Gasteiger partial charge on any atom is 0.407 e. The van der Waals surface area contributed by atoms with Crippen LogP contribution in [0.5, 0.6) is 0 Å². The van der Waals surface area contributed by atoms with Crippen LogP contribution in [0.25, 0.3) is 0 Å². The normalized spacial score (nSPS) is 27.9. The smallest absolute Gasteiger partial charge is 0.407 e. The number of hydrogen-bond donors (Lipinski definition) is 1. The third kappa shape index (κ3) is 2.93. The monoisotopic (exact) mass is 277 g/mol. The van der Waals surface area contributed by atoms with E-state index >= 15 is 0 Å². The highest BCUT2D eigenvalue weighted by Crippen LogP contribution is 2.39. The average molecular weight is 277 g/mol. The Labute approximate surface area is 118 Å². The number of carbonyl (C=O) groups is 2. The van der Waals surface area contributed by atoms with Gasteiger partial charge in [-0.25, -0.2) is 4.79 Å². The van der Waals surface area contributed by atoms with Crippen LogP contribution < -0.4 is 5.32 Å². The van der Waals surface area contributed by atoms with Crippen molar-refractivity contribution in [3.05, 3.63) is 11.6 Å². The predicted molar refractivity (Wildman–Crippen MR) is 71.6 cm³/mol. The fraction of sp³-hybridized carbons (Fsp3) is 0.643. The summed E-state index contributed by atoms with van der Waals surface area (Å²) in [6.07, 6.45) is 1.72. The number of nitrogens with one attached hydrogen (secondary N) is 1. The molecule has 0 spiro atoms. The van der Waals surface area contributed by atoms with Gasteiger partial charge in [0.25, 0.3) is 0 Å². The SMILES string of the molecule is CC(=O)N1[C@H]2[C@@H](NC(=O)OC(C)(C)C)CC(C#N)=C[C@@H]21. The molecule has 3 atom stereocenters. The average Bonchev–Trinajstić information content (AvgIpc) is 3.00. The lowest BCUT2D eigenvalue weighted by Gasteiger charge is -2.24. The number of alkyl carbamates (subject to hydrolysis) is 1. The van der Waals surface area contributed by atoms with E-state index in [2.05, 4.69) is 11.4 Å². The number of nitriles is 1. The molecule has 0 unspecified atom stereocenters. The molecule has 1 aliphatic heterocycles. The van der Waals surface area contributed by atoms with E-state index in [1.807, 2.05) is 0 Å². The molecule has 1 saturated heterocycles. The van der Waals surface area contributed by atoms with Crippen LogP contribution in [-0.2, 0) is 9.53 Å². The molecule has 0 aromatic rings. The Morgan fingerprint density at radius 3 is 2.65 bits per heavy atom. The Kier molecular flexibility index (Phi) is 3.46. The number of rotatable bonds is 1. The van der Waals surface area contributed by atoms with Crippen LogP contribution >= 0.6 is 0 Å². The summed E-state index contributed by atoms with van der Waals surface area (Å²) in [6, 6.07) is 1.71. The molecule has 20 heavy (non-hydrogen) atoms. The molecule has 1 fully saturated rings. The number of fused-ring (bicyclic) bond motifs is 1. The highest BCUT2D eigenvalue weighted by atomic mass is 16.6. The highest BCUT2D eigenvalue weighted by Gasteiger charge is 2.55. The van der Waals surface area contributed by atoms with Gasteiger partial charge >= 0.3 is 6.09 Å². The number of amides is 2. The van der Waals surface area contributed by atoms with Crippen LogP contribution in [0.15, 0.2) is 11.6 Å². The lowest BCUT2D eigenvalue weighted by Crippen LogP contribution is -2.44. The van der Waals surface area contributed by atoms with E-state index in [0.717, 1.165) is 0 Å². The molecule has 1 N–H and O–H groups in total. The highest BCUT2D eigenvalue weighted by molar-refractivity contribution is 5.79. The van der Waals surface area contributed by atoms with Gasteiger partial charge in [0.15, 0.2) is 0 Å². The minimum Gasteiger partial charge on any atom is -0.444 e. The van der Waals surface area contributed by atoms with E-state index < -0.39 is 11.7 Å². The van der Waals surface area contributed by atoms with Gasteiger partial charge in [-0.15, -0.1) is 0 Å². The summed E-state index contributed by atoms with van der Waals surface area (Å²) in [5.41, 5.74) is 0.0200. The molecule has 108 valence electrons. The lowest BCUT2D eigenvalue weighted by atomic mass is 9.96. The molecule has 6 nitrogen and oxygen atoms in total. The fourth-order valence-electron chi connectivity index (χ4n) is 2.61. The van der Waals surface area contributed by atoms with Gasteiger partial charge in [-0.2, -0.15) is 5.26 Å². The molecule has 0 aromatic heterocycles. The second-order valence-corrected chi connectivity index (χ2v) is 6.17. The molecule has 0 aromatic carbocycles. The van der Waals surface area contributed by atoms with Gasteiger partial charge in [-0.1, -0.05) is 0 Å². The Hall–Kier alpha value is -2.03. The minimum absolute atomic E-state index is 0.0496. The Morgan fingerprint density at radius 1 is 1.50 bits per heavy atom. The van der Waals surface area contributed by atoms with Crippen molar-refractivity contribution in [1.82, 2.24) is 10.2 Å². The van der Waals surface area contributed by atoms with Crippen molar-refractivity contribution in [1.29, 1.82) is 5.26 Å². The van der Waals surface area contributed by atoms with Gasteiger partial charge in [0, 0.05) is 18.9 Å². The van der Waals surface area contributed by atoms with E-state index in [9.17, 15) is 9.59 Å². The number of hydrogen-bond acceptors (Lipinski definition) is 4. The molecular weight excluding hydrogens is 258 g/mol. The van der Waals surface area contributed by atoms with Crippen molar-refractivity contribution in [2.45, 2.75) is 57.8 Å². The van der Waals surface area contributed by atoms with Crippen LogP contribution in [0.2, 0.25) is 0 Å². The number of nitrogens with zero attached hydrogens (tertiary/aromatic N) is 2. The molecule has 1 heterocycles. The van der Waals surface area contributed by atoms with Crippen molar-refractivity contribution >= 4 is 12.0 Å². The Bertz CT molecular complexity index is 513. The zero-order chi connectivity index (χ0) is 15.1. The first kappa shape index (κ1) is 14.4. The van der Waals surface area contributed by atoms with Crippen molar-refractivity contribution in [2.24, 2.45) is 0 Å². The molecule has 0 bridgehead atoms. The summed E-state index contributed by atoms with van der Waals surface area (Å²) in [6.45, 7) is 6.85. The molecule has 2 aliphatic rings. The third-order valence-corrected chi connectivity index (χ3v) is 3.34. The van der Waals surface area contributed by atoms with Gasteiger partial charge in [0.05, 0.1) is 24.2 Å². The summed E-state index contributed by atoms with van der Waals surface area (Å²) >= 11 is 0. The van der Waals surface area contributed by atoms with Crippen LogP contribution in [0.3, 0.4) is 0 Å². The standard InChI is InChI=1S/C14H19N3O3/c1-8(18)17-11-6-9(7-15)5-10(12(11)17)16-13(19)20-14(2,3)4/h6,10-12H,5H2,1-4H3,(H,16,19)/t10-,11-,12-,17?/m0/s1. The topological polar surface area (TPSA) is 82.2 Å². The van der Waals surface area contributed by atoms with Crippen molar-refractivity contribution in [3.8, 4) is 6.07 Å². The molecular formula is C14H19N3O3. The van der Waals surface area contributed by atoms with Crippen LogP contribution in [0.4, 0.5) is 4.79 Å². The van der Waals surface area contributed by atoms with Crippen molar-refractivity contribution in [2.75, 3.05) is 0 Å². The van der Waals surface area contributed by atoms with E-state index in [4.69, 9.17) is 10.00 Å². The quantitative estimate of drug-likeness (QED) is 0.733. The first-order chi connectivity index (χ1) is 9.23. The second-order valence-electron chi connectivity index (χ2n) is 6.17. The zero-order valence-corrected chi connectivity index (χ0v) is 12.1. The van der Waals surface area contributed by atoms with E-state index in [1.54, 1.807) is 31.7 Å². The van der Waals surface area contributed by atoms with E-state index in [-0.39, 0.29) is 24.0 Å². The van der Waals surface area contributed by atoms with Gasteiger partial charge in [-0.05, 0) is 26.8 Å². The van der Waals surface area contributed by atoms with Crippen molar-refractivity contribution < 1.29 is 14.3 Å². The van der Waals surface area contributed by atoms with E-state index in [1.165, 1.54) is 6.92 Å².